The fraction of sp³-hybridized carbons (Fsp3) is 0.500. The van der Waals surface area contributed by atoms with Crippen molar-refractivity contribution in [3.05, 3.63) is 0 Å². The van der Waals surface area contributed by atoms with Gasteiger partial charge in [-0.15, -0.1) is 0 Å². The summed E-state index contributed by atoms with van der Waals surface area (Å²) < 4.78 is 3.88. The van der Waals surface area contributed by atoms with Crippen LogP contribution in [-0.4, -0.2) is 11.5 Å². The molecule has 0 unspecified atom stereocenters. The normalized spacial score (nSPS) is 6.60. The predicted octanol–water partition coefficient (Wildman–Crippen LogP) is 0.300. The number of methoxy groups -OCH3 is 1. The molecule has 0 spiro atoms. The number of rotatable bonds is 0. The van der Waals surface area contributed by atoms with Gasteiger partial charge >= 0.3 is 40.8 Å². The van der Waals surface area contributed by atoms with Crippen LogP contribution in [0.25, 0.3) is 0 Å². The number of carbonyl (C=O) groups excluding carboxylic acids is 1. The van der Waals surface area contributed by atoms with Crippen molar-refractivity contribution in [3.8, 4) is 0 Å². The predicted molar refractivity (Wildman–Crippen MR) is 12.4 cm³/mol. The summed E-state index contributed by atoms with van der Waals surface area (Å²) in [6, 6.07) is 0. The Hall–Kier alpha value is 0.158. The summed E-state index contributed by atoms with van der Waals surface area (Å²) in [6.45, 7) is 0. The van der Waals surface area contributed by atoms with Crippen LogP contribution in [0, 0.1) is 0 Å². The molecule has 0 saturated carbocycles. The molecule has 0 aromatic rings. The van der Waals surface area contributed by atoms with Gasteiger partial charge in [0.25, 0.3) is 0 Å². The van der Waals surface area contributed by atoms with Crippen LogP contribution >= 0.6 is 0 Å². The molecule has 0 aliphatic carbocycles. The Morgan fingerprint density at radius 1 is 2.00 bits per heavy atom. The standard InChI is InChI=1S/C2H3O2.Mo/c1-4-2-3;/h1H3;. The number of ether oxygens (including phenoxy) is 1. The first-order chi connectivity index (χ1) is 2.27. The summed E-state index contributed by atoms with van der Waals surface area (Å²) in [7, 11) is 1.35. The molecule has 0 aliphatic heterocycles. The number of carbonyl (C=O) groups is 1. The Kier molecular flexibility index (Phi) is 2.47. The third-order valence-electron chi connectivity index (χ3n) is 0.167. The molecule has 0 amide bonds. The fourth-order valence-electron chi connectivity index (χ4n) is 0. The Morgan fingerprint density at radius 3 is 2.20 bits per heavy atom. The van der Waals surface area contributed by atoms with Crippen LogP contribution in [0.2, 0.25) is 0 Å². The third-order valence-corrected chi connectivity index (χ3v) is 0.576. The van der Waals surface area contributed by atoms with E-state index >= 15 is 0 Å². The molecule has 2 nitrogen and oxygen atoms in total. The molecule has 5 heavy (non-hydrogen) atoms. The molecule has 29 valence electrons. The fourth-order valence-corrected chi connectivity index (χ4v) is 0. The van der Waals surface area contributed by atoms with Crippen molar-refractivity contribution >= 4 is 4.36 Å². The van der Waals surface area contributed by atoms with E-state index in [-0.39, 0.29) is 4.36 Å². The van der Waals surface area contributed by atoms with Gasteiger partial charge in [0, 0.05) is 0 Å². The second-order valence-electron chi connectivity index (χ2n) is 0.454. The van der Waals surface area contributed by atoms with Gasteiger partial charge in [-0.2, -0.15) is 0 Å². The number of hydrogen-bond donors (Lipinski definition) is 0. The topological polar surface area (TPSA) is 26.3 Å². The van der Waals surface area contributed by atoms with Crippen molar-refractivity contribution in [2.45, 2.75) is 0 Å². The van der Waals surface area contributed by atoms with E-state index in [1.54, 1.807) is 0 Å². The molecular formula is C2H3MoO2. The molecule has 0 N–H and O–H groups in total. The van der Waals surface area contributed by atoms with Gasteiger partial charge in [0.2, 0.25) is 0 Å². The first-order valence-corrected chi connectivity index (χ1v) is 2.02. The van der Waals surface area contributed by atoms with Crippen LogP contribution in [0.1, 0.15) is 0 Å². The molecule has 0 radical (unpaired) electrons. The third kappa shape index (κ3) is 4.16. The van der Waals surface area contributed by atoms with Crippen LogP contribution in [0.3, 0.4) is 0 Å². The van der Waals surface area contributed by atoms with Gasteiger partial charge in [-0.1, -0.05) is 0 Å². The van der Waals surface area contributed by atoms with Gasteiger partial charge in [-0.25, -0.2) is 0 Å². The second kappa shape index (κ2) is 2.40. The minimum absolute atomic E-state index is 0.235. The van der Waals surface area contributed by atoms with E-state index in [0.29, 0.717) is 0 Å². The van der Waals surface area contributed by atoms with E-state index in [4.69, 9.17) is 0 Å². The molecule has 0 heterocycles. The summed E-state index contributed by atoms with van der Waals surface area (Å²) in [5.74, 6) is 0. The van der Waals surface area contributed by atoms with E-state index in [1.807, 2.05) is 0 Å². The van der Waals surface area contributed by atoms with E-state index in [2.05, 4.69) is 4.74 Å². The molecule has 0 aromatic carbocycles. The van der Waals surface area contributed by atoms with Crippen LogP contribution in [-0.2, 0) is 24.6 Å². The van der Waals surface area contributed by atoms with E-state index in [1.165, 1.54) is 26.9 Å². The molecule has 0 aromatic heterocycles. The van der Waals surface area contributed by atoms with Gasteiger partial charge in [0.05, 0.1) is 0 Å². The zero-order valence-electron chi connectivity index (χ0n) is 2.72. The second-order valence-corrected chi connectivity index (χ2v) is 1.27. The SMILES string of the molecule is CO[C](=O)[Mo]. The maximum atomic E-state index is 9.59. The van der Waals surface area contributed by atoms with Crippen molar-refractivity contribution in [3.63, 3.8) is 0 Å². The summed E-state index contributed by atoms with van der Waals surface area (Å²) in [4.78, 5) is 9.59. The molecule has 0 atom stereocenters. The van der Waals surface area contributed by atoms with Crippen LogP contribution in [0.5, 0.6) is 0 Å². The van der Waals surface area contributed by atoms with Gasteiger partial charge in [-0.3, -0.25) is 0 Å². The minimum atomic E-state index is -0.235. The van der Waals surface area contributed by atoms with E-state index in [0.717, 1.165) is 0 Å². The molecule has 0 saturated heterocycles. The molecule has 3 heteroatoms. The van der Waals surface area contributed by atoms with Crippen LogP contribution in [0.4, 0.5) is 4.79 Å². The average Bonchev–Trinajstić information content (AvgIpc) is 1.38. The van der Waals surface area contributed by atoms with Crippen molar-refractivity contribution < 1.29 is 29.3 Å². The molecule has 0 fully saturated rings. The molecule has 0 rings (SSSR count). The summed E-state index contributed by atoms with van der Waals surface area (Å²) in [6.07, 6.45) is 0. The van der Waals surface area contributed by atoms with Gasteiger partial charge in [0.1, 0.15) is 0 Å². The Bertz CT molecular complexity index is 42.9. The molecular weight excluding hydrogens is 152 g/mol. The van der Waals surface area contributed by atoms with Crippen molar-refractivity contribution in [1.82, 2.24) is 0 Å². The molecule has 0 aliphatic rings. The quantitative estimate of drug-likeness (QED) is 0.470. The first kappa shape index (κ1) is 5.16. The summed E-state index contributed by atoms with van der Waals surface area (Å²) in [5, 5.41) is 0. The van der Waals surface area contributed by atoms with Crippen LogP contribution in [0.15, 0.2) is 0 Å². The van der Waals surface area contributed by atoms with Crippen molar-refractivity contribution in [1.29, 1.82) is 0 Å². The Morgan fingerprint density at radius 2 is 2.20 bits per heavy atom. The monoisotopic (exact) mass is 157 g/mol. The van der Waals surface area contributed by atoms with Crippen molar-refractivity contribution in [2.75, 3.05) is 7.11 Å². The average molecular weight is 155 g/mol. The van der Waals surface area contributed by atoms with E-state index in [9.17, 15) is 4.79 Å². The zero-order chi connectivity index (χ0) is 4.28. The van der Waals surface area contributed by atoms with Crippen LogP contribution < -0.4 is 0 Å². The first-order valence-electron chi connectivity index (χ1n) is 1.02. The van der Waals surface area contributed by atoms with Gasteiger partial charge in [0.15, 0.2) is 0 Å². The Balaban J connectivity index is 2.85. The summed E-state index contributed by atoms with van der Waals surface area (Å²) in [5.41, 5.74) is 0. The van der Waals surface area contributed by atoms with E-state index < -0.39 is 0 Å². The number of hydrogen-bond acceptors (Lipinski definition) is 2. The van der Waals surface area contributed by atoms with Gasteiger partial charge in [-0.05, 0) is 0 Å². The zero-order valence-corrected chi connectivity index (χ0v) is 4.73. The maximum absolute atomic E-state index is 9.59. The van der Waals surface area contributed by atoms with Crippen molar-refractivity contribution in [2.24, 2.45) is 0 Å². The van der Waals surface area contributed by atoms with Gasteiger partial charge < -0.3 is 0 Å². The summed E-state index contributed by atoms with van der Waals surface area (Å²) >= 11 is 1.30. The molecule has 0 bridgehead atoms. The Labute approximate surface area is 41.4 Å².